The molecule has 3 atom stereocenters. The van der Waals surface area contributed by atoms with E-state index < -0.39 is 0 Å². The Morgan fingerprint density at radius 1 is 1.57 bits per heavy atom. The molecule has 0 amide bonds. The molecule has 0 aromatic heterocycles. The summed E-state index contributed by atoms with van der Waals surface area (Å²) in [6.07, 6.45) is 0.453. The van der Waals surface area contributed by atoms with E-state index in [1.165, 1.54) is 0 Å². The standard InChI is InChI=1S/C10H22N2O2/c1-8(7-13-3)12-5-9(2)14-10(4-11)6-12/h8-10H,4-7,11H2,1-3H3. The van der Waals surface area contributed by atoms with Gasteiger partial charge in [-0.15, -0.1) is 0 Å². The zero-order valence-electron chi connectivity index (χ0n) is 9.40. The van der Waals surface area contributed by atoms with Gasteiger partial charge in [0.2, 0.25) is 0 Å². The van der Waals surface area contributed by atoms with Crippen LogP contribution in [0.15, 0.2) is 0 Å². The lowest BCUT2D eigenvalue weighted by atomic mass is 10.1. The van der Waals surface area contributed by atoms with Gasteiger partial charge in [-0.2, -0.15) is 0 Å². The monoisotopic (exact) mass is 202 g/mol. The summed E-state index contributed by atoms with van der Waals surface area (Å²) in [5, 5.41) is 0. The number of nitrogens with two attached hydrogens (primary N) is 1. The van der Waals surface area contributed by atoms with Crippen LogP contribution in [-0.2, 0) is 9.47 Å². The van der Waals surface area contributed by atoms with E-state index in [0.717, 1.165) is 19.7 Å². The molecule has 1 saturated heterocycles. The molecule has 0 spiro atoms. The fraction of sp³-hybridized carbons (Fsp3) is 1.00. The van der Waals surface area contributed by atoms with Crippen LogP contribution in [0.5, 0.6) is 0 Å². The van der Waals surface area contributed by atoms with Crippen LogP contribution in [0.4, 0.5) is 0 Å². The van der Waals surface area contributed by atoms with Gasteiger partial charge in [-0.25, -0.2) is 0 Å². The number of hydrogen-bond acceptors (Lipinski definition) is 4. The van der Waals surface area contributed by atoms with Crippen LogP contribution in [-0.4, -0.2) is 56.5 Å². The Balaban J connectivity index is 2.43. The van der Waals surface area contributed by atoms with Gasteiger partial charge in [0.15, 0.2) is 0 Å². The summed E-state index contributed by atoms with van der Waals surface area (Å²) in [5.74, 6) is 0. The molecule has 1 fully saturated rings. The van der Waals surface area contributed by atoms with Gasteiger partial charge < -0.3 is 15.2 Å². The number of nitrogens with zero attached hydrogens (tertiary/aromatic N) is 1. The summed E-state index contributed by atoms with van der Waals surface area (Å²) in [5.41, 5.74) is 5.62. The number of ether oxygens (including phenoxy) is 2. The van der Waals surface area contributed by atoms with Crippen LogP contribution in [0.1, 0.15) is 13.8 Å². The lowest BCUT2D eigenvalue weighted by Crippen LogP contribution is -2.53. The van der Waals surface area contributed by atoms with Crippen molar-refractivity contribution in [1.82, 2.24) is 4.90 Å². The maximum Gasteiger partial charge on any atom is 0.0828 e. The summed E-state index contributed by atoms with van der Waals surface area (Å²) in [7, 11) is 1.74. The van der Waals surface area contributed by atoms with Crippen molar-refractivity contribution in [2.24, 2.45) is 5.73 Å². The van der Waals surface area contributed by atoms with Crippen molar-refractivity contribution in [3.05, 3.63) is 0 Å². The molecule has 0 aromatic carbocycles. The summed E-state index contributed by atoms with van der Waals surface area (Å²) < 4.78 is 10.8. The van der Waals surface area contributed by atoms with Crippen molar-refractivity contribution in [1.29, 1.82) is 0 Å². The van der Waals surface area contributed by atoms with Crippen molar-refractivity contribution >= 4 is 0 Å². The molecule has 1 heterocycles. The number of morpholine rings is 1. The highest BCUT2D eigenvalue weighted by Gasteiger charge is 2.27. The van der Waals surface area contributed by atoms with Crippen molar-refractivity contribution in [3.63, 3.8) is 0 Å². The summed E-state index contributed by atoms with van der Waals surface area (Å²) in [6.45, 7) is 7.53. The molecule has 4 heteroatoms. The smallest absolute Gasteiger partial charge is 0.0828 e. The largest absolute Gasteiger partial charge is 0.383 e. The van der Waals surface area contributed by atoms with E-state index in [-0.39, 0.29) is 12.2 Å². The van der Waals surface area contributed by atoms with E-state index >= 15 is 0 Å². The molecule has 0 aliphatic carbocycles. The first-order chi connectivity index (χ1) is 6.67. The van der Waals surface area contributed by atoms with Crippen LogP contribution >= 0.6 is 0 Å². The van der Waals surface area contributed by atoms with Crippen molar-refractivity contribution in [2.75, 3.05) is 33.4 Å². The van der Waals surface area contributed by atoms with E-state index in [4.69, 9.17) is 15.2 Å². The maximum absolute atomic E-state index is 5.69. The van der Waals surface area contributed by atoms with Crippen molar-refractivity contribution in [2.45, 2.75) is 32.1 Å². The Labute approximate surface area is 86.3 Å². The SMILES string of the molecule is COCC(C)N1CC(C)OC(CN)C1. The lowest BCUT2D eigenvalue weighted by molar-refractivity contribution is -0.0884. The molecule has 84 valence electrons. The highest BCUT2D eigenvalue weighted by molar-refractivity contribution is 4.79. The molecule has 3 unspecified atom stereocenters. The first kappa shape index (κ1) is 11.9. The summed E-state index contributed by atoms with van der Waals surface area (Å²) >= 11 is 0. The van der Waals surface area contributed by atoms with Crippen LogP contribution in [0.25, 0.3) is 0 Å². The second kappa shape index (κ2) is 5.66. The zero-order valence-corrected chi connectivity index (χ0v) is 9.40. The third kappa shape index (κ3) is 3.20. The molecule has 0 aromatic rings. The molecule has 1 aliphatic heterocycles. The minimum Gasteiger partial charge on any atom is -0.383 e. The minimum absolute atomic E-state index is 0.179. The van der Waals surface area contributed by atoms with Crippen molar-refractivity contribution in [3.8, 4) is 0 Å². The van der Waals surface area contributed by atoms with E-state index in [1.54, 1.807) is 7.11 Å². The van der Waals surface area contributed by atoms with Gasteiger partial charge in [0.05, 0.1) is 18.8 Å². The minimum atomic E-state index is 0.179. The van der Waals surface area contributed by atoms with Gasteiger partial charge >= 0.3 is 0 Å². The second-order valence-corrected chi connectivity index (χ2v) is 4.06. The van der Waals surface area contributed by atoms with Crippen molar-refractivity contribution < 1.29 is 9.47 Å². The Bertz CT molecular complexity index is 166. The summed E-state index contributed by atoms with van der Waals surface area (Å²) in [4.78, 5) is 2.38. The lowest BCUT2D eigenvalue weighted by Gasteiger charge is -2.39. The van der Waals surface area contributed by atoms with Gasteiger partial charge in [-0.3, -0.25) is 4.90 Å². The van der Waals surface area contributed by atoms with E-state index in [0.29, 0.717) is 12.6 Å². The molecule has 0 bridgehead atoms. The molecule has 4 nitrogen and oxygen atoms in total. The maximum atomic E-state index is 5.69. The number of methoxy groups -OCH3 is 1. The fourth-order valence-electron chi connectivity index (χ4n) is 1.92. The van der Waals surface area contributed by atoms with Crippen LogP contribution in [0.2, 0.25) is 0 Å². The third-order valence-electron chi connectivity index (χ3n) is 2.65. The number of hydrogen-bond donors (Lipinski definition) is 1. The van der Waals surface area contributed by atoms with E-state index in [1.807, 2.05) is 0 Å². The zero-order chi connectivity index (χ0) is 10.6. The predicted molar refractivity (Wildman–Crippen MR) is 56.3 cm³/mol. The highest BCUT2D eigenvalue weighted by Crippen LogP contribution is 2.13. The third-order valence-corrected chi connectivity index (χ3v) is 2.65. The molecular weight excluding hydrogens is 180 g/mol. The predicted octanol–water partition coefficient (Wildman–Crippen LogP) is 0.0693. The van der Waals surface area contributed by atoms with Crippen LogP contribution in [0, 0.1) is 0 Å². The van der Waals surface area contributed by atoms with Gasteiger partial charge in [0, 0.05) is 32.8 Å². The van der Waals surface area contributed by atoms with E-state index in [2.05, 4.69) is 18.7 Å². The molecule has 1 rings (SSSR count). The molecular formula is C10H22N2O2. The quantitative estimate of drug-likeness (QED) is 0.701. The summed E-state index contributed by atoms with van der Waals surface area (Å²) in [6, 6.07) is 0.445. The topological polar surface area (TPSA) is 47.7 Å². The van der Waals surface area contributed by atoms with Gasteiger partial charge in [0.1, 0.15) is 0 Å². The Morgan fingerprint density at radius 3 is 2.86 bits per heavy atom. The van der Waals surface area contributed by atoms with E-state index in [9.17, 15) is 0 Å². The van der Waals surface area contributed by atoms with Crippen LogP contribution < -0.4 is 5.73 Å². The normalized spacial score (nSPS) is 31.7. The van der Waals surface area contributed by atoms with Gasteiger partial charge in [-0.1, -0.05) is 0 Å². The molecule has 0 radical (unpaired) electrons. The first-order valence-corrected chi connectivity index (χ1v) is 5.25. The molecule has 1 aliphatic rings. The Hall–Kier alpha value is -0.160. The number of rotatable bonds is 4. The molecule has 14 heavy (non-hydrogen) atoms. The van der Waals surface area contributed by atoms with Crippen LogP contribution in [0.3, 0.4) is 0 Å². The highest BCUT2D eigenvalue weighted by atomic mass is 16.5. The average Bonchev–Trinajstić information content (AvgIpc) is 2.17. The van der Waals surface area contributed by atoms with Gasteiger partial charge in [-0.05, 0) is 13.8 Å². The Morgan fingerprint density at radius 2 is 2.29 bits per heavy atom. The molecule has 2 N–H and O–H groups in total. The molecule has 0 saturated carbocycles. The van der Waals surface area contributed by atoms with Gasteiger partial charge in [0.25, 0.3) is 0 Å². The Kier molecular flexibility index (Phi) is 4.81. The first-order valence-electron chi connectivity index (χ1n) is 5.25. The fourth-order valence-corrected chi connectivity index (χ4v) is 1.92. The second-order valence-electron chi connectivity index (χ2n) is 4.06. The average molecular weight is 202 g/mol.